The molecule has 0 aliphatic rings. The van der Waals surface area contributed by atoms with Crippen molar-refractivity contribution < 1.29 is 9.21 Å². The van der Waals surface area contributed by atoms with E-state index in [0.29, 0.717) is 19.4 Å². The Morgan fingerprint density at radius 2 is 1.74 bits per heavy atom. The summed E-state index contributed by atoms with van der Waals surface area (Å²) in [5.41, 5.74) is 5.40. The lowest BCUT2D eigenvalue weighted by Crippen LogP contribution is -2.25. The fourth-order valence-corrected chi connectivity index (χ4v) is 3.64. The lowest BCUT2D eigenvalue weighted by molar-refractivity contribution is -0.121. The summed E-state index contributed by atoms with van der Waals surface area (Å²) >= 11 is 0. The van der Waals surface area contributed by atoms with Crippen molar-refractivity contribution in [2.75, 3.05) is 6.54 Å². The summed E-state index contributed by atoms with van der Waals surface area (Å²) in [4.78, 5) is 12.2. The van der Waals surface area contributed by atoms with Crippen molar-refractivity contribution in [3.05, 3.63) is 95.5 Å². The maximum Gasteiger partial charge on any atom is 0.220 e. The topological polar surface area (TPSA) is 60.1 Å². The van der Waals surface area contributed by atoms with Gasteiger partial charge in [0.2, 0.25) is 5.91 Å². The van der Waals surface area contributed by atoms with Gasteiger partial charge in [-0.1, -0.05) is 42.5 Å². The molecule has 5 heteroatoms. The normalized spacial score (nSPS) is 10.9. The number of carbonyl (C=O) groups excluding carboxylic acids is 1. The fraction of sp³-hybridized carbons (Fsp3) is 0.231. The highest BCUT2D eigenvalue weighted by atomic mass is 16.3. The van der Waals surface area contributed by atoms with Gasteiger partial charge in [-0.15, -0.1) is 0 Å². The number of carbonyl (C=O) groups is 1. The van der Waals surface area contributed by atoms with E-state index in [4.69, 9.17) is 4.42 Å². The third kappa shape index (κ3) is 5.31. The molecule has 5 nitrogen and oxygen atoms in total. The molecule has 0 radical (unpaired) electrons. The Hall–Kier alpha value is -3.60. The molecule has 31 heavy (non-hydrogen) atoms. The van der Waals surface area contributed by atoms with E-state index >= 15 is 0 Å². The number of nitrogens with zero attached hydrogens (tertiary/aromatic N) is 2. The van der Waals surface area contributed by atoms with E-state index in [1.807, 2.05) is 54.1 Å². The molecule has 0 saturated carbocycles. The van der Waals surface area contributed by atoms with Crippen molar-refractivity contribution >= 4 is 5.91 Å². The van der Waals surface area contributed by atoms with Gasteiger partial charge in [-0.05, 0) is 56.2 Å². The monoisotopic (exact) mass is 413 g/mol. The van der Waals surface area contributed by atoms with Gasteiger partial charge in [-0.2, -0.15) is 5.10 Å². The van der Waals surface area contributed by atoms with Crippen molar-refractivity contribution in [1.82, 2.24) is 15.1 Å². The van der Waals surface area contributed by atoms with Crippen molar-refractivity contribution in [3.63, 3.8) is 0 Å². The van der Waals surface area contributed by atoms with E-state index in [-0.39, 0.29) is 5.91 Å². The van der Waals surface area contributed by atoms with E-state index < -0.39 is 0 Å². The van der Waals surface area contributed by atoms with Gasteiger partial charge in [-0.25, -0.2) is 4.68 Å². The molecule has 4 aromatic rings. The molecule has 2 aromatic heterocycles. The highest BCUT2D eigenvalue weighted by Gasteiger charge is 2.08. The van der Waals surface area contributed by atoms with Crippen LogP contribution < -0.4 is 5.32 Å². The first kappa shape index (κ1) is 20.7. The predicted octanol–water partition coefficient (Wildman–Crippen LogP) is 5.04. The van der Waals surface area contributed by atoms with E-state index in [2.05, 4.69) is 47.7 Å². The lowest BCUT2D eigenvalue weighted by atomic mass is 10.1. The second-order valence-electron chi connectivity index (χ2n) is 7.74. The van der Waals surface area contributed by atoms with Gasteiger partial charge in [0, 0.05) is 30.6 Å². The molecular formula is C26H27N3O2. The Morgan fingerprint density at radius 1 is 0.968 bits per heavy atom. The predicted molar refractivity (Wildman–Crippen MR) is 122 cm³/mol. The molecule has 0 aliphatic carbocycles. The smallest absolute Gasteiger partial charge is 0.220 e. The summed E-state index contributed by atoms with van der Waals surface area (Å²) < 4.78 is 7.81. The van der Waals surface area contributed by atoms with E-state index in [9.17, 15) is 4.79 Å². The highest BCUT2D eigenvalue weighted by Crippen LogP contribution is 2.22. The summed E-state index contributed by atoms with van der Waals surface area (Å²) in [5.74, 6) is 1.70. The van der Waals surface area contributed by atoms with Gasteiger partial charge in [0.25, 0.3) is 0 Å². The molecule has 0 saturated heterocycles. The number of benzene rings is 2. The Morgan fingerprint density at radius 3 is 2.45 bits per heavy atom. The summed E-state index contributed by atoms with van der Waals surface area (Å²) in [5, 5.41) is 7.51. The van der Waals surface area contributed by atoms with Crippen LogP contribution in [0.15, 0.2) is 77.2 Å². The van der Waals surface area contributed by atoms with Crippen LogP contribution in [0.5, 0.6) is 0 Å². The summed E-state index contributed by atoms with van der Waals surface area (Å²) in [6.07, 6.45) is 1.80. The van der Waals surface area contributed by atoms with Crippen LogP contribution in [0.4, 0.5) is 0 Å². The number of nitrogens with one attached hydrogen (secondary N) is 1. The largest absolute Gasteiger partial charge is 0.461 e. The first-order valence-electron chi connectivity index (χ1n) is 10.6. The van der Waals surface area contributed by atoms with E-state index in [0.717, 1.165) is 40.6 Å². The number of hydrogen-bond acceptors (Lipinski definition) is 3. The standard InChI is InChI=1S/C26H27N3O2/c1-19-18-20(2)29(28-19)23-10-8-21(9-11-23)16-17-27-26(30)15-13-24-12-14-25(31-24)22-6-4-3-5-7-22/h3-12,14,18H,13,15-17H2,1-2H3,(H,27,30). The number of aryl methyl sites for hydroxylation is 3. The molecule has 0 aliphatic heterocycles. The van der Waals surface area contributed by atoms with Crippen molar-refractivity contribution in [1.29, 1.82) is 0 Å². The summed E-state index contributed by atoms with van der Waals surface area (Å²) in [6, 6.07) is 24.3. The quantitative estimate of drug-likeness (QED) is 0.440. The van der Waals surface area contributed by atoms with Crippen LogP contribution in [0.25, 0.3) is 17.0 Å². The minimum atomic E-state index is 0.0388. The second-order valence-corrected chi connectivity index (χ2v) is 7.74. The second kappa shape index (κ2) is 9.47. The van der Waals surface area contributed by atoms with Gasteiger partial charge < -0.3 is 9.73 Å². The Kier molecular flexibility index (Phi) is 6.32. The van der Waals surface area contributed by atoms with Gasteiger partial charge >= 0.3 is 0 Å². The highest BCUT2D eigenvalue weighted by molar-refractivity contribution is 5.76. The van der Waals surface area contributed by atoms with Gasteiger partial charge in [-0.3, -0.25) is 4.79 Å². The molecule has 0 unspecified atom stereocenters. The number of furan rings is 1. The zero-order chi connectivity index (χ0) is 21.6. The molecule has 0 bridgehead atoms. The van der Waals surface area contributed by atoms with Crippen LogP contribution >= 0.6 is 0 Å². The Bertz CT molecular complexity index is 1140. The molecule has 1 N–H and O–H groups in total. The number of amides is 1. The molecule has 2 aromatic carbocycles. The number of hydrogen-bond donors (Lipinski definition) is 1. The van der Waals surface area contributed by atoms with Gasteiger partial charge in [0.15, 0.2) is 0 Å². The SMILES string of the molecule is Cc1cc(C)n(-c2ccc(CCNC(=O)CCc3ccc(-c4ccccc4)o3)cc2)n1. The molecule has 2 heterocycles. The first-order valence-corrected chi connectivity index (χ1v) is 10.6. The molecule has 4 rings (SSSR count). The van der Waals surface area contributed by atoms with Gasteiger partial charge in [0.05, 0.1) is 11.4 Å². The van der Waals surface area contributed by atoms with Crippen molar-refractivity contribution in [2.24, 2.45) is 0 Å². The van der Waals surface area contributed by atoms with Crippen LogP contribution in [0.1, 0.15) is 29.1 Å². The van der Waals surface area contributed by atoms with Gasteiger partial charge in [0.1, 0.15) is 11.5 Å². The Labute approximate surface area is 182 Å². The molecule has 0 fully saturated rings. The molecule has 1 amide bonds. The summed E-state index contributed by atoms with van der Waals surface area (Å²) in [7, 11) is 0. The molecular weight excluding hydrogens is 386 g/mol. The van der Waals surface area contributed by atoms with Crippen LogP contribution in [0.2, 0.25) is 0 Å². The maximum absolute atomic E-state index is 12.2. The van der Waals surface area contributed by atoms with Crippen LogP contribution in [-0.4, -0.2) is 22.2 Å². The van der Waals surface area contributed by atoms with Crippen LogP contribution in [0, 0.1) is 13.8 Å². The number of aromatic nitrogens is 2. The zero-order valence-corrected chi connectivity index (χ0v) is 18.0. The fourth-order valence-electron chi connectivity index (χ4n) is 3.64. The third-order valence-corrected chi connectivity index (χ3v) is 5.24. The van der Waals surface area contributed by atoms with Crippen molar-refractivity contribution in [3.8, 4) is 17.0 Å². The van der Waals surface area contributed by atoms with Crippen LogP contribution in [0.3, 0.4) is 0 Å². The maximum atomic E-state index is 12.2. The Balaban J connectivity index is 1.22. The number of rotatable bonds is 8. The first-order chi connectivity index (χ1) is 15.1. The zero-order valence-electron chi connectivity index (χ0n) is 18.0. The molecule has 0 atom stereocenters. The average Bonchev–Trinajstić information content (AvgIpc) is 3.39. The summed E-state index contributed by atoms with van der Waals surface area (Å²) in [6.45, 7) is 4.66. The van der Waals surface area contributed by atoms with Crippen LogP contribution in [-0.2, 0) is 17.6 Å². The minimum Gasteiger partial charge on any atom is -0.461 e. The molecule has 158 valence electrons. The molecule has 0 spiro atoms. The third-order valence-electron chi connectivity index (χ3n) is 5.24. The lowest BCUT2D eigenvalue weighted by Gasteiger charge is -2.07. The van der Waals surface area contributed by atoms with Crippen molar-refractivity contribution in [2.45, 2.75) is 33.1 Å². The average molecular weight is 414 g/mol. The minimum absolute atomic E-state index is 0.0388. The van der Waals surface area contributed by atoms with E-state index in [1.54, 1.807) is 0 Å². The van der Waals surface area contributed by atoms with E-state index in [1.165, 1.54) is 5.56 Å².